The van der Waals surface area contributed by atoms with Crippen LogP contribution in [0.25, 0.3) is 5.65 Å². The Balaban J connectivity index is 2.66. The van der Waals surface area contributed by atoms with Crippen LogP contribution in [0.5, 0.6) is 0 Å². The molecule has 0 fully saturated rings. The van der Waals surface area contributed by atoms with Gasteiger partial charge in [0.05, 0.1) is 0 Å². The van der Waals surface area contributed by atoms with Crippen LogP contribution in [-0.4, -0.2) is 14.6 Å². The smallest absolute Gasteiger partial charge is 0.226 e. The highest BCUT2D eigenvalue weighted by Gasteiger charge is 2.14. The average molecular weight is 190 g/mol. The van der Waals surface area contributed by atoms with Gasteiger partial charge < -0.3 is 5.73 Å². The highest BCUT2D eigenvalue weighted by Crippen LogP contribution is 2.22. The molecule has 14 heavy (non-hydrogen) atoms. The second-order valence-corrected chi connectivity index (χ2v) is 4.45. The minimum absolute atomic E-state index is 0.116. The number of fused-ring (bicyclic) bond motifs is 1. The number of anilines is 1. The van der Waals surface area contributed by atoms with Gasteiger partial charge in [0.1, 0.15) is 0 Å². The summed E-state index contributed by atoms with van der Waals surface area (Å²) in [5.74, 6) is 0.436. The molecule has 0 bridgehead atoms. The summed E-state index contributed by atoms with van der Waals surface area (Å²) < 4.78 is 1.81. The van der Waals surface area contributed by atoms with Gasteiger partial charge in [0.25, 0.3) is 0 Å². The van der Waals surface area contributed by atoms with Crippen molar-refractivity contribution in [1.29, 1.82) is 0 Å². The Kier molecular flexibility index (Phi) is 1.74. The molecule has 0 aliphatic carbocycles. The van der Waals surface area contributed by atoms with Gasteiger partial charge in [-0.05, 0) is 17.0 Å². The molecule has 2 N–H and O–H groups in total. The van der Waals surface area contributed by atoms with E-state index < -0.39 is 0 Å². The number of nitrogens with zero attached hydrogens (tertiary/aromatic N) is 3. The molecule has 0 aliphatic heterocycles. The minimum atomic E-state index is 0.116. The molecule has 2 heterocycles. The Morgan fingerprint density at radius 3 is 2.57 bits per heavy atom. The molecule has 0 aromatic carbocycles. The van der Waals surface area contributed by atoms with Crippen LogP contribution in [0.2, 0.25) is 0 Å². The first-order chi connectivity index (χ1) is 6.48. The van der Waals surface area contributed by atoms with Gasteiger partial charge in [-0.2, -0.15) is 0 Å². The number of nitrogens with two attached hydrogens (primary N) is 1. The summed E-state index contributed by atoms with van der Waals surface area (Å²) >= 11 is 0. The second-order valence-electron chi connectivity index (χ2n) is 4.45. The molecule has 0 saturated carbocycles. The lowest BCUT2D eigenvalue weighted by Crippen LogP contribution is -2.12. The van der Waals surface area contributed by atoms with E-state index in [1.807, 2.05) is 12.3 Å². The highest BCUT2D eigenvalue weighted by molar-refractivity contribution is 5.45. The molecular weight excluding hydrogens is 176 g/mol. The van der Waals surface area contributed by atoms with Crippen LogP contribution in [0, 0.1) is 0 Å². The van der Waals surface area contributed by atoms with Crippen molar-refractivity contribution >= 4 is 11.6 Å². The second kappa shape index (κ2) is 2.70. The Labute approximate surface area is 82.8 Å². The van der Waals surface area contributed by atoms with E-state index >= 15 is 0 Å². The van der Waals surface area contributed by atoms with Crippen LogP contribution < -0.4 is 5.73 Å². The van der Waals surface area contributed by atoms with Crippen molar-refractivity contribution in [2.75, 3.05) is 5.73 Å². The van der Waals surface area contributed by atoms with Crippen LogP contribution in [0.3, 0.4) is 0 Å². The maximum Gasteiger partial charge on any atom is 0.226 e. The summed E-state index contributed by atoms with van der Waals surface area (Å²) in [6, 6.07) is 3.99. The van der Waals surface area contributed by atoms with Crippen LogP contribution >= 0.6 is 0 Å². The summed E-state index contributed by atoms with van der Waals surface area (Å²) in [4.78, 5) is 0. The zero-order valence-corrected chi connectivity index (χ0v) is 8.65. The van der Waals surface area contributed by atoms with E-state index in [0.29, 0.717) is 5.95 Å². The van der Waals surface area contributed by atoms with E-state index in [4.69, 9.17) is 5.73 Å². The first-order valence-corrected chi connectivity index (χ1v) is 4.59. The van der Waals surface area contributed by atoms with Crippen LogP contribution in [0.4, 0.5) is 5.95 Å². The molecule has 0 spiro atoms. The monoisotopic (exact) mass is 190 g/mol. The minimum Gasteiger partial charge on any atom is -0.368 e. The summed E-state index contributed by atoms with van der Waals surface area (Å²) in [6.07, 6.45) is 1.99. The number of hydrogen-bond acceptors (Lipinski definition) is 3. The largest absolute Gasteiger partial charge is 0.368 e. The fourth-order valence-corrected chi connectivity index (χ4v) is 1.35. The molecule has 0 radical (unpaired) electrons. The fraction of sp³-hybridized carbons (Fsp3) is 0.400. The zero-order chi connectivity index (χ0) is 10.3. The molecule has 0 amide bonds. The Bertz CT molecular complexity index is 464. The molecule has 0 saturated heterocycles. The first kappa shape index (κ1) is 8.99. The van der Waals surface area contributed by atoms with Gasteiger partial charge in [-0.3, -0.25) is 4.40 Å². The van der Waals surface area contributed by atoms with Crippen molar-refractivity contribution in [3.63, 3.8) is 0 Å². The lowest BCUT2D eigenvalue weighted by atomic mass is 9.88. The lowest BCUT2D eigenvalue weighted by Gasteiger charge is -2.18. The number of nitrogen functional groups attached to an aromatic ring is 1. The van der Waals surface area contributed by atoms with Crippen molar-refractivity contribution in [2.45, 2.75) is 26.2 Å². The molecule has 2 aromatic rings. The maximum absolute atomic E-state index is 5.68. The van der Waals surface area contributed by atoms with E-state index in [2.05, 4.69) is 37.0 Å². The van der Waals surface area contributed by atoms with Crippen LogP contribution in [0.1, 0.15) is 26.3 Å². The quantitative estimate of drug-likeness (QED) is 0.686. The standard InChI is InChI=1S/C10H14N4/c1-10(2,3)7-4-5-8-12-13-9(11)14(8)6-7/h4-6H,1-3H3,(H2,11,13). The number of hydrogen-bond donors (Lipinski definition) is 1. The summed E-state index contributed by atoms with van der Waals surface area (Å²) in [5.41, 5.74) is 7.80. The van der Waals surface area contributed by atoms with Crippen molar-refractivity contribution in [1.82, 2.24) is 14.6 Å². The van der Waals surface area contributed by atoms with Gasteiger partial charge in [0.15, 0.2) is 5.65 Å². The molecule has 2 aromatic heterocycles. The van der Waals surface area contributed by atoms with Crippen molar-refractivity contribution < 1.29 is 0 Å². The first-order valence-electron chi connectivity index (χ1n) is 4.59. The number of pyridine rings is 1. The summed E-state index contributed by atoms with van der Waals surface area (Å²) in [6.45, 7) is 6.48. The van der Waals surface area contributed by atoms with Gasteiger partial charge in [0.2, 0.25) is 5.95 Å². The van der Waals surface area contributed by atoms with E-state index in [1.54, 1.807) is 4.40 Å². The molecule has 0 atom stereocenters. The topological polar surface area (TPSA) is 56.2 Å². The number of rotatable bonds is 0. The predicted octanol–water partition coefficient (Wildman–Crippen LogP) is 1.61. The van der Waals surface area contributed by atoms with Gasteiger partial charge in [-0.1, -0.05) is 26.8 Å². The van der Waals surface area contributed by atoms with Gasteiger partial charge >= 0.3 is 0 Å². The lowest BCUT2D eigenvalue weighted by molar-refractivity contribution is 0.586. The molecule has 0 unspecified atom stereocenters. The average Bonchev–Trinajstić information content (AvgIpc) is 2.46. The van der Waals surface area contributed by atoms with Crippen molar-refractivity contribution in [2.24, 2.45) is 0 Å². The third-order valence-electron chi connectivity index (χ3n) is 2.29. The van der Waals surface area contributed by atoms with Gasteiger partial charge in [-0.15, -0.1) is 10.2 Å². The fourth-order valence-electron chi connectivity index (χ4n) is 1.35. The van der Waals surface area contributed by atoms with E-state index in [-0.39, 0.29) is 5.41 Å². The van der Waals surface area contributed by atoms with E-state index in [1.165, 1.54) is 5.56 Å². The zero-order valence-electron chi connectivity index (χ0n) is 8.65. The highest BCUT2D eigenvalue weighted by atomic mass is 15.3. The third kappa shape index (κ3) is 1.32. The Morgan fingerprint density at radius 2 is 1.93 bits per heavy atom. The van der Waals surface area contributed by atoms with E-state index in [0.717, 1.165) is 5.65 Å². The normalized spacial score (nSPS) is 12.2. The van der Waals surface area contributed by atoms with Crippen molar-refractivity contribution in [3.05, 3.63) is 23.9 Å². The Morgan fingerprint density at radius 1 is 1.21 bits per heavy atom. The molecule has 74 valence electrons. The van der Waals surface area contributed by atoms with Crippen molar-refractivity contribution in [3.8, 4) is 0 Å². The summed E-state index contributed by atoms with van der Waals surface area (Å²) in [5, 5.41) is 7.74. The molecule has 2 rings (SSSR count). The maximum atomic E-state index is 5.68. The molecule has 4 heteroatoms. The number of aromatic nitrogens is 3. The van der Waals surface area contributed by atoms with Crippen LogP contribution in [0.15, 0.2) is 18.3 Å². The predicted molar refractivity (Wildman–Crippen MR) is 56.1 cm³/mol. The van der Waals surface area contributed by atoms with Gasteiger partial charge in [-0.25, -0.2) is 0 Å². The molecule has 4 nitrogen and oxygen atoms in total. The van der Waals surface area contributed by atoms with Crippen LogP contribution in [-0.2, 0) is 5.41 Å². The summed E-state index contributed by atoms with van der Waals surface area (Å²) in [7, 11) is 0. The SMILES string of the molecule is CC(C)(C)c1ccc2nnc(N)n2c1. The Hall–Kier alpha value is -1.58. The molecular formula is C10H14N4. The van der Waals surface area contributed by atoms with E-state index in [9.17, 15) is 0 Å². The third-order valence-corrected chi connectivity index (χ3v) is 2.29. The molecule has 0 aliphatic rings. The van der Waals surface area contributed by atoms with Gasteiger partial charge in [0, 0.05) is 6.20 Å².